The van der Waals surface area contributed by atoms with E-state index < -0.39 is 10.2 Å². The Morgan fingerprint density at radius 1 is 1.35 bits per heavy atom. The van der Waals surface area contributed by atoms with Crippen LogP contribution >= 0.6 is 0 Å². The van der Waals surface area contributed by atoms with Crippen LogP contribution in [0.25, 0.3) is 0 Å². The van der Waals surface area contributed by atoms with Crippen molar-refractivity contribution in [3.63, 3.8) is 0 Å². The Bertz CT molecular complexity index is 515. The van der Waals surface area contributed by atoms with Gasteiger partial charge in [-0.2, -0.15) is 12.7 Å². The molecule has 0 saturated carbocycles. The third-order valence-electron chi connectivity index (χ3n) is 2.51. The molecule has 0 spiro atoms. The summed E-state index contributed by atoms with van der Waals surface area (Å²) in [4.78, 5) is 0. The van der Waals surface area contributed by atoms with Crippen LogP contribution in [0.5, 0.6) is 11.5 Å². The van der Waals surface area contributed by atoms with Crippen molar-refractivity contribution in [2.24, 2.45) is 5.14 Å². The van der Waals surface area contributed by atoms with Gasteiger partial charge in [0.05, 0.1) is 0 Å². The van der Waals surface area contributed by atoms with Crippen LogP contribution in [-0.2, 0) is 16.8 Å². The van der Waals surface area contributed by atoms with E-state index in [-0.39, 0.29) is 13.3 Å². The zero-order valence-electron chi connectivity index (χ0n) is 9.42. The summed E-state index contributed by atoms with van der Waals surface area (Å²) in [6, 6.07) is 5.31. The molecule has 7 heteroatoms. The summed E-state index contributed by atoms with van der Waals surface area (Å²) in [5, 5.41) is 5.09. The summed E-state index contributed by atoms with van der Waals surface area (Å²) in [6.07, 6.45) is 0. The lowest BCUT2D eigenvalue weighted by Gasteiger charge is -2.17. The highest BCUT2D eigenvalue weighted by molar-refractivity contribution is 7.86. The van der Waals surface area contributed by atoms with Crippen LogP contribution in [0.4, 0.5) is 0 Å². The number of nitrogens with zero attached hydrogens (tertiary/aromatic N) is 1. The first-order valence-electron chi connectivity index (χ1n) is 5.17. The standard InChI is InChI=1S/C10H14N2O4S/c1-2-12(17(11,13)14)6-8-3-4-9-10(5-8)16-7-15-9/h3-5H,2,6-7H2,1H3,(H2,11,13,14). The zero-order valence-corrected chi connectivity index (χ0v) is 10.2. The molecule has 0 aromatic heterocycles. The van der Waals surface area contributed by atoms with Gasteiger partial charge in [0.2, 0.25) is 6.79 Å². The molecule has 0 bridgehead atoms. The lowest BCUT2D eigenvalue weighted by molar-refractivity contribution is 0.174. The molecule has 0 atom stereocenters. The van der Waals surface area contributed by atoms with Gasteiger partial charge < -0.3 is 9.47 Å². The number of rotatable bonds is 4. The van der Waals surface area contributed by atoms with Crippen LogP contribution in [-0.4, -0.2) is 26.1 Å². The van der Waals surface area contributed by atoms with E-state index in [1.807, 2.05) is 0 Å². The molecule has 94 valence electrons. The second kappa shape index (κ2) is 4.52. The molecule has 1 aliphatic rings. The van der Waals surface area contributed by atoms with E-state index in [1.54, 1.807) is 25.1 Å². The molecule has 1 aliphatic heterocycles. The fraction of sp³-hybridized carbons (Fsp3) is 0.400. The molecule has 0 amide bonds. The number of benzene rings is 1. The van der Waals surface area contributed by atoms with Crippen LogP contribution in [0, 0.1) is 0 Å². The van der Waals surface area contributed by atoms with Gasteiger partial charge in [0, 0.05) is 13.1 Å². The Kier molecular flexibility index (Phi) is 3.23. The van der Waals surface area contributed by atoms with E-state index in [4.69, 9.17) is 14.6 Å². The molecule has 0 saturated heterocycles. The first kappa shape index (κ1) is 12.2. The monoisotopic (exact) mass is 258 g/mol. The van der Waals surface area contributed by atoms with Crippen molar-refractivity contribution in [1.29, 1.82) is 0 Å². The van der Waals surface area contributed by atoms with E-state index in [2.05, 4.69) is 0 Å². The van der Waals surface area contributed by atoms with Gasteiger partial charge in [0.25, 0.3) is 10.2 Å². The number of ether oxygens (including phenoxy) is 2. The Morgan fingerprint density at radius 3 is 2.71 bits per heavy atom. The maximum atomic E-state index is 11.2. The summed E-state index contributed by atoms with van der Waals surface area (Å²) in [7, 11) is -3.67. The van der Waals surface area contributed by atoms with Crippen LogP contribution < -0.4 is 14.6 Å². The lowest BCUT2D eigenvalue weighted by atomic mass is 10.2. The molecule has 0 unspecified atom stereocenters. The van der Waals surface area contributed by atoms with E-state index in [0.717, 1.165) is 5.56 Å². The number of hydrogen-bond acceptors (Lipinski definition) is 4. The summed E-state index contributed by atoms with van der Waals surface area (Å²) >= 11 is 0. The zero-order chi connectivity index (χ0) is 12.5. The predicted molar refractivity (Wildman–Crippen MR) is 61.8 cm³/mol. The van der Waals surface area contributed by atoms with Crippen LogP contribution in [0.2, 0.25) is 0 Å². The van der Waals surface area contributed by atoms with Crippen molar-refractivity contribution in [1.82, 2.24) is 4.31 Å². The number of fused-ring (bicyclic) bond motifs is 1. The second-order valence-electron chi connectivity index (χ2n) is 3.66. The van der Waals surface area contributed by atoms with Crippen LogP contribution in [0.15, 0.2) is 18.2 Å². The summed E-state index contributed by atoms with van der Waals surface area (Å²) in [5.41, 5.74) is 0.810. The molecule has 0 radical (unpaired) electrons. The minimum Gasteiger partial charge on any atom is -0.454 e. The van der Waals surface area contributed by atoms with Gasteiger partial charge in [0.1, 0.15) is 0 Å². The average Bonchev–Trinajstić information content (AvgIpc) is 2.71. The fourth-order valence-electron chi connectivity index (χ4n) is 1.62. The predicted octanol–water partition coefficient (Wildman–Crippen LogP) is 0.441. The van der Waals surface area contributed by atoms with Gasteiger partial charge in [-0.05, 0) is 17.7 Å². The molecule has 1 heterocycles. The summed E-state index contributed by atoms with van der Waals surface area (Å²) in [6.45, 7) is 2.49. The van der Waals surface area contributed by atoms with E-state index in [9.17, 15) is 8.42 Å². The van der Waals surface area contributed by atoms with Gasteiger partial charge >= 0.3 is 0 Å². The normalized spacial score (nSPS) is 14.3. The maximum absolute atomic E-state index is 11.2. The molecular weight excluding hydrogens is 244 g/mol. The third kappa shape index (κ3) is 2.68. The molecule has 0 aliphatic carbocycles. The Morgan fingerprint density at radius 2 is 2.06 bits per heavy atom. The van der Waals surface area contributed by atoms with E-state index >= 15 is 0 Å². The highest BCUT2D eigenvalue weighted by atomic mass is 32.2. The van der Waals surface area contributed by atoms with Crippen LogP contribution in [0.1, 0.15) is 12.5 Å². The minimum absolute atomic E-state index is 0.200. The Balaban J connectivity index is 2.19. The van der Waals surface area contributed by atoms with Gasteiger partial charge in [-0.25, -0.2) is 5.14 Å². The van der Waals surface area contributed by atoms with Crippen molar-refractivity contribution < 1.29 is 17.9 Å². The topological polar surface area (TPSA) is 81.9 Å². The molecule has 1 aromatic carbocycles. The maximum Gasteiger partial charge on any atom is 0.277 e. The quantitative estimate of drug-likeness (QED) is 0.849. The van der Waals surface area contributed by atoms with Crippen molar-refractivity contribution in [2.45, 2.75) is 13.5 Å². The number of nitrogens with two attached hydrogens (primary N) is 1. The smallest absolute Gasteiger partial charge is 0.277 e. The third-order valence-corrected chi connectivity index (χ3v) is 3.62. The van der Waals surface area contributed by atoms with Gasteiger partial charge in [-0.1, -0.05) is 13.0 Å². The summed E-state index contributed by atoms with van der Waals surface area (Å²) in [5.74, 6) is 1.31. The van der Waals surface area contributed by atoms with Crippen LogP contribution in [0.3, 0.4) is 0 Å². The van der Waals surface area contributed by atoms with Gasteiger partial charge in [-0.3, -0.25) is 0 Å². The molecule has 6 nitrogen and oxygen atoms in total. The number of hydrogen-bond donors (Lipinski definition) is 1. The SMILES string of the molecule is CCN(Cc1ccc2c(c1)OCO2)S(N)(=O)=O. The Labute approximate surface area is 100 Å². The van der Waals surface area contributed by atoms with Gasteiger partial charge in [-0.15, -0.1) is 0 Å². The molecular formula is C10H14N2O4S. The Hall–Kier alpha value is -1.31. The summed E-state index contributed by atoms with van der Waals surface area (Å²) < 4.78 is 34.1. The first-order chi connectivity index (χ1) is 8.00. The van der Waals surface area contributed by atoms with Gasteiger partial charge in [0.15, 0.2) is 11.5 Å². The minimum atomic E-state index is -3.67. The van der Waals surface area contributed by atoms with E-state index in [1.165, 1.54) is 4.31 Å². The molecule has 17 heavy (non-hydrogen) atoms. The first-order valence-corrected chi connectivity index (χ1v) is 6.67. The molecule has 2 N–H and O–H groups in total. The largest absolute Gasteiger partial charge is 0.454 e. The molecule has 0 fully saturated rings. The molecule has 1 aromatic rings. The van der Waals surface area contributed by atoms with Crippen molar-refractivity contribution in [3.05, 3.63) is 23.8 Å². The highest BCUT2D eigenvalue weighted by Crippen LogP contribution is 2.32. The highest BCUT2D eigenvalue weighted by Gasteiger charge is 2.18. The van der Waals surface area contributed by atoms with E-state index in [0.29, 0.717) is 18.0 Å². The lowest BCUT2D eigenvalue weighted by Crippen LogP contribution is -2.35. The molecule has 2 rings (SSSR count). The van der Waals surface area contributed by atoms with Crippen molar-refractivity contribution in [3.8, 4) is 11.5 Å². The second-order valence-corrected chi connectivity index (χ2v) is 5.21. The van der Waals surface area contributed by atoms with Crippen molar-refractivity contribution >= 4 is 10.2 Å². The van der Waals surface area contributed by atoms with Crippen molar-refractivity contribution in [2.75, 3.05) is 13.3 Å². The average molecular weight is 258 g/mol. The fourth-order valence-corrected chi connectivity index (χ4v) is 2.31.